The van der Waals surface area contributed by atoms with Crippen LogP contribution in [0.3, 0.4) is 0 Å². The van der Waals surface area contributed by atoms with Gasteiger partial charge < -0.3 is 10.1 Å². The molecule has 2 fully saturated rings. The molecule has 4 rings (SSSR count). The lowest BCUT2D eigenvalue weighted by atomic mass is 9.88. The smallest absolute Gasteiger partial charge is 0.148 e. The van der Waals surface area contributed by atoms with Gasteiger partial charge in [-0.3, -0.25) is 9.58 Å². The van der Waals surface area contributed by atoms with Crippen molar-refractivity contribution >= 4 is 5.82 Å². The molecule has 2 saturated heterocycles. The number of hydrogen-bond acceptors (Lipinski definition) is 6. The average Bonchev–Trinajstić information content (AvgIpc) is 3.16. The second-order valence-corrected chi connectivity index (χ2v) is 7.44. The lowest BCUT2D eigenvalue weighted by Crippen LogP contribution is -2.47. The van der Waals surface area contributed by atoms with E-state index in [-0.39, 0.29) is 5.60 Å². The molecule has 0 saturated carbocycles. The highest BCUT2D eigenvalue weighted by Gasteiger charge is 2.43. The quantitative estimate of drug-likeness (QED) is 0.913. The second-order valence-electron chi connectivity index (χ2n) is 7.44. The highest BCUT2D eigenvalue weighted by Crippen LogP contribution is 2.36. The van der Waals surface area contributed by atoms with E-state index in [1.807, 2.05) is 37.0 Å². The average molecular weight is 342 g/mol. The van der Waals surface area contributed by atoms with Crippen molar-refractivity contribution in [3.05, 3.63) is 35.8 Å². The molecule has 2 aromatic rings. The third-order valence-electron chi connectivity index (χ3n) is 5.14. The molecular formula is C18H26N6O. The Morgan fingerprint density at radius 1 is 1.36 bits per heavy atom. The van der Waals surface area contributed by atoms with Crippen molar-refractivity contribution in [3.8, 4) is 0 Å². The van der Waals surface area contributed by atoms with Crippen molar-refractivity contribution in [1.29, 1.82) is 0 Å². The Kier molecular flexibility index (Phi) is 4.43. The first kappa shape index (κ1) is 16.5. The van der Waals surface area contributed by atoms with E-state index in [0.717, 1.165) is 50.6 Å². The van der Waals surface area contributed by atoms with Crippen LogP contribution < -0.4 is 5.32 Å². The molecule has 2 aliphatic rings. The van der Waals surface area contributed by atoms with E-state index in [1.165, 1.54) is 12.0 Å². The summed E-state index contributed by atoms with van der Waals surface area (Å²) >= 11 is 0. The molecule has 2 atom stereocenters. The monoisotopic (exact) mass is 342 g/mol. The van der Waals surface area contributed by atoms with Gasteiger partial charge in [-0.05, 0) is 38.4 Å². The number of rotatable bonds is 4. The van der Waals surface area contributed by atoms with Gasteiger partial charge in [-0.15, -0.1) is 5.10 Å². The molecule has 25 heavy (non-hydrogen) atoms. The van der Waals surface area contributed by atoms with Gasteiger partial charge in [0.25, 0.3) is 0 Å². The van der Waals surface area contributed by atoms with Crippen molar-refractivity contribution in [3.63, 3.8) is 0 Å². The van der Waals surface area contributed by atoms with Gasteiger partial charge in [0.2, 0.25) is 0 Å². The van der Waals surface area contributed by atoms with Gasteiger partial charge in [0.05, 0.1) is 30.1 Å². The van der Waals surface area contributed by atoms with E-state index in [9.17, 15) is 0 Å². The van der Waals surface area contributed by atoms with Crippen molar-refractivity contribution < 1.29 is 4.74 Å². The fraction of sp³-hybridized carbons (Fsp3) is 0.611. The number of nitrogens with one attached hydrogen (secondary N) is 1. The molecule has 2 aliphatic heterocycles. The van der Waals surface area contributed by atoms with E-state index in [4.69, 9.17) is 4.74 Å². The Morgan fingerprint density at radius 2 is 2.28 bits per heavy atom. The summed E-state index contributed by atoms with van der Waals surface area (Å²) in [5.74, 6) is 0.833. The number of aryl methyl sites for hydroxylation is 2. The van der Waals surface area contributed by atoms with Crippen LogP contribution in [-0.4, -0.2) is 56.2 Å². The van der Waals surface area contributed by atoms with Gasteiger partial charge in [0.15, 0.2) is 0 Å². The first-order valence-electron chi connectivity index (χ1n) is 9.01. The van der Waals surface area contributed by atoms with Crippen LogP contribution in [0.25, 0.3) is 0 Å². The number of aromatic nitrogens is 4. The second kappa shape index (κ2) is 6.72. The third-order valence-corrected chi connectivity index (χ3v) is 5.14. The predicted molar refractivity (Wildman–Crippen MR) is 95.2 cm³/mol. The van der Waals surface area contributed by atoms with Gasteiger partial charge >= 0.3 is 0 Å². The first-order chi connectivity index (χ1) is 12.1. The molecule has 0 unspecified atom stereocenters. The van der Waals surface area contributed by atoms with E-state index in [1.54, 1.807) is 0 Å². The van der Waals surface area contributed by atoms with Crippen molar-refractivity contribution in [2.45, 2.75) is 44.4 Å². The lowest BCUT2D eigenvalue weighted by molar-refractivity contribution is -0.0533. The maximum atomic E-state index is 6.29. The fourth-order valence-electron chi connectivity index (χ4n) is 4.04. The maximum Gasteiger partial charge on any atom is 0.148 e. The van der Waals surface area contributed by atoms with Crippen molar-refractivity contribution in [1.82, 2.24) is 24.9 Å². The van der Waals surface area contributed by atoms with E-state index in [2.05, 4.69) is 31.7 Å². The topological polar surface area (TPSA) is 68.1 Å². The molecule has 0 bridgehead atoms. The molecule has 1 N–H and O–H groups in total. The van der Waals surface area contributed by atoms with Gasteiger partial charge in [-0.1, -0.05) is 0 Å². The molecule has 7 heteroatoms. The highest BCUT2D eigenvalue weighted by atomic mass is 16.5. The van der Waals surface area contributed by atoms with E-state index >= 15 is 0 Å². The molecule has 134 valence electrons. The SMILES string of the molecule is Cc1ccc(N[C@@H]2CO[C@]3(CCCN(Cc4cnn(C)c4)C3)C2)nn1. The van der Waals surface area contributed by atoms with E-state index in [0.29, 0.717) is 6.04 Å². The van der Waals surface area contributed by atoms with Gasteiger partial charge in [-0.25, -0.2) is 0 Å². The molecule has 0 aromatic carbocycles. The molecule has 7 nitrogen and oxygen atoms in total. The minimum absolute atomic E-state index is 0.0315. The highest BCUT2D eigenvalue weighted by molar-refractivity contribution is 5.34. The standard InChI is InChI=1S/C18H26N6O/c1-14-4-5-17(22-21-14)20-16-8-18(25-12-16)6-3-7-24(13-18)11-15-9-19-23(2)10-15/h4-5,9-10,16H,3,6-8,11-13H2,1-2H3,(H,20,22)/t16-,18+/m0/s1. The number of hydrogen-bond donors (Lipinski definition) is 1. The van der Waals surface area contributed by atoms with Crippen molar-refractivity contribution in [2.24, 2.45) is 7.05 Å². The number of nitrogens with zero attached hydrogens (tertiary/aromatic N) is 5. The normalized spacial score (nSPS) is 27.0. The summed E-state index contributed by atoms with van der Waals surface area (Å²) in [6.07, 6.45) is 7.38. The largest absolute Gasteiger partial charge is 0.371 e. The minimum Gasteiger partial charge on any atom is -0.371 e. The zero-order valence-electron chi connectivity index (χ0n) is 15.0. The maximum absolute atomic E-state index is 6.29. The van der Waals surface area contributed by atoms with Crippen LogP contribution in [0.1, 0.15) is 30.5 Å². The summed E-state index contributed by atoms with van der Waals surface area (Å²) in [6.45, 7) is 5.74. The zero-order valence-corrected chi connectivity index (χ0v) is 15.0. The number of piperidine rings is 1. The van der Waals surface area contributed by atoms with Crippen molar-refractivity contribution in [2.75, 3.05) is 25.0 Å². The zero-order chi connectivity index (χ0) is 17.3. The fourth-order valence-corrected chi connectivity index (χ4v) is 4.04. The molecule has 0 aliphatic carbocycles. The minimum atomic E-state index is -0.0315. The predicted octanol–water partition coefficient (Wildman–Crippen LogP) is 1.75. The molecule has 2 aromatic heterocycles. The van der Waals surface area contributed by atoms with Gasteiger partial charge in [0, 0.05) is 38.3 Å². The third kappa shape index (κ3) is 3.82. The van der Waals surface area contributed by atoms with E-state index < -0.39 is 0 Å². The van der Waals surface area contributed by atoms with Crippen LogP contribution in [0, 0.1) is 6.92 Å². The van der Waals surface area contributed by atoms with Gasteiger partial charge in [0.1, 0.15) is 5.82 Å². The summed E-state index contributed by atoms with van der Waals surface area (Å²) < 4.78 is 8.15. The number of ether oxygens (including phenoxy) is 1. The molecule has 0 amide bonds. The Labute approximate surface area is 148 Å². The van der Waals surface area contributed by atoms with Crippen LogP contribution in [0.5, 0.6) is 0 Å². The Hall–Kier alpha value is -1.99. The lowest BCUT2D eigenvalue weighted by Gasteiger charge is -2.39. The summed E-state index contributed by atoms with van der Waals surface area (Å²) in [6, 6.07) is 4.27. The Bertz CT molecular complexity index is 715. The van der Waals surface area contributed by atoms with Gasteiger partial charge in [-0.2, -0.15) is 10.2 Å². The summed E-state index contributed by atoms with van der Waals surface area (Å²) in [5.41, 5.74) is 2.17. The Morgan fingerprint density at radius 3 is 3.04 bits per heavy atom. The van der Waals surface area contributed by atoms with Crippen LogP contribution in [-0.2, 0) is 18.3 Å². The molecule has 0 radical (unpaired) electrons. The summed E-state index contributed by atoms with van der Waals surface area (Å²) in [4.78, 5) is 2.49. The summed E-state index contributed by atoms with van der Waals surface area (Å²) in [7, 11) is 1.96. The molecule has 1 spiro atoms. The number of anilines is 1. The van der Waals surface area contributed by atoms with Crippen LogP contribution >= 0.6 is 0 Å². The first-order valence-corrected chi connectivity index (χ1v) is 9.01. The Balaban J connectivity index is 1.36. The number of likely N-dealkylation sites (tertiary alicyclic amines) is 1. The molecular weight excluding hydrogens is 316 g/mol. The van der Waals surface area contributed by atoms with Crippen LogP contribution in [0.4, 0.5) is 5.82 Å². The van der Waals surface area contributed by atoms with Crippen LogP contribution in [0.15, 0.2) is 24.5 Å². The summed E-state index contributed by atoms with van der Waals surface area (Å²) in [5, 5.41) is 16.1. The molecule has 4 heterocycles. The van der Waals surface area contributed by atoms with Crippen LogP contribution in [0.2, 0.25) is 0 Å².